The minimum atomic E-state index is -0.155. The Labute approximate surface area is 162 Å². The van der Waals surface area contributed by atoms with Gasteiger partial charge in [0.25, 0.3) is 5.91 Å². The molecule has 0 spiro atoms. The van der Waals surface area contributed by atoms with Crippen LogP contribution in [0.5, 0.6) is 0 Å². The topological polar surface area (TPSA) is 71.3 Å². The molecule has 2 amide bonds. The van der Waals surface area contributed by atoms with Crippen LogP contribution in [-0.2, 0) is 17.9 Å². The first kappa shape index (κ1) is 18.8. The maximum absolute atomic E-state index is 12.5. The van der Waals surface area contributed by atoms with Crippen LogP contribution in [0.25, 0.3) is 0 Å². The molecule has 0 bridgehead atoms. The number of benzene rings is 2. The van der Waals surface area contributed by atoms with E-state index in [0.717, 1.165) is 10.5 Å². The number of furan rings is 1. The normalized spacial score (nSPS) is 10.4. The lowest BCUT2D eigenvalue weighted by Crippen LogP contribution is -2.25. The molecule has 0 aliphatic heterocycles. The molecule has 0 atom stereocenters. The van der Waals surface area contributed by atoms with Crippen molar-refractivity contribution in [2.45, 2.75) is 18.0 Å². The highest BCUT2D eigenvalue weighted by molar-refractivity contribution is 8.00. The Morgan fingerprint density at radius 2 is 1.63 bits per heavy atom. The number of nitrogens with one attached hydrogen (secondary N) is 2. The van der Waals surface area contributed by atoms with Crippen LogP contribution in [0.2, 0.25) is 0 Å². The fraction of sp³-hybridized carbons (Fsp3) is 0.143. The molecule has 0 fully saturated rings. The molecule has 1 heterocycles. The molecule has 0 saturated heterocycles. The van der Waals surface area contributed by atoms with Crippen LogP contribution in [0.3, 0.4) is 0 Å². The van der Waals surface area contributed by atoms with E-state index in [1.165, 1.54) is 11.8 Å². The van der Waals surface area contributed by atoms with Crippen molar-refractivity contribution in [3.8, 4) is 0 Å². The van der Waals surface area contributed by atoms with Crippen molar-refractivity contribution in [1.29, 1.82) is 0 Å². The minimum Gasteiger partial charge on any atom is -0.467 e. The molecular formula is C21H20N2O3S. The third kappa shape index (κ3) is 5.76. The van der Waals surface area contributed by atoms with Crippen molar-refractivity contribution >= 4 is 23.6 Å². The summed E-state index contributed by atoms with van der Waals surface area (Å²) in [5.41, 5.74) is 1.60. The van der Waals surface area contributed by atoms with Crippen molar-refractivity contribution in [2.24, 2.45) is 0 Å². The lowest BCUT2D eigenvalue weighted by Gasteiger charge is -2.10. The summed E-state index contributed by atoms with van der Waals surface area (Å²) in [5, 5.41) is 5.72. The SMILES string of the molecule is O=C(CSc1ccccc1C(=O)NCc1ccccc1)NCc1ccco1. The fourth-order valence-corrected chi connectivity index (χ4v) is 3.33. The smallest absolute Gasteiger partial charge is 0.252 e. The molecule has 3 rings (SSSR count). The first-order valence-corrected chi connectivity index (χ1v) is 9.54. The van der Waals surface area contributed by atoms with E-state index in [0.29, 0.717) is 24.4 Å². The van der Waals surface area contributed by atoms with Gasteiger partial charge in [-0.1, -0.05) is 42.5 Å². The lowest BCUT2D eigenvalue weighted by molar-refractivity contribution is -0.118. The number of thioether (sulfide) groups is 1. The van der Waals surface area contributed by atoms with Crippen LogP contribution in [0.15, 0.2) is 82.3 Å². The van der Waals surface area contributed by atoms with Crippen molar-refractivity contribution in [3.63, 3.8) is 0 Å². The van der Waals surface area contributed by atoms with Crippen molar-refractivity contribution in [3.05, 3.63) is 89.9 Å². The number of amides is 2. The minimum absolute atomic E-state index is 0.115. The number of hydrogen-bond acceptors (Lipinski definition) is 4. The van der Waals surface area contributed by atoms with E-state index >= 15 is 0 Å². The summed E-state index contributed by atoms with van der Waals surface area (Å²) in [7, 11) is 0. The first-order valence-electron chi connectivity index (χ1n) is 8.55. The standard InChI is InChI=1S/C21H20N2O3S/c24-20(22-14-17-9-6-12-26-17)15-27-19-11-5-4-10-18(19)21(25)23-13-16-7-2-1-3-8-16/h1-12H,13-15H2,(H,22,24)(H,23,25). The molecule has 0 aliphatic rings. The fourth-order valence-electron chi connectivity index (χ4n) is 2.45. The van der Waals surface area contributed by atoms with Crippen LogP contribution in [0.1, 0.15) is 21.7 Å². The molecule has 0 aliphatic carbocycles. The summed E-state index contributed by atoms with van der Waals surface area (Å²) >= 11 is 1.34. The van der Waals surface area contributed by atoms with E-state index in [2.05, 4.69) is 10.6 Å². The van der Waals surface area contributed by atoms with Crippen molar-refractivity contribution < 1.29 is 14.0 Å². The van der Waals surface area contributed by atoms with Gasteiger partial charge in [0.1, 0.15) is 5.76 Å². The van der Waals surface area contributed by atoms with Gasteiger partial charge in [-0.15, -0.1) is 11.8 Å². The summed E-state index contributed by atoms with van der Waals surface area (Å²) in [6.45, 7) is 0.813. The highest BCUT2D eigenvalue weighted by Gasteiger charge is 2.12. The maximum Gasteiger partial charge on any atom is 0.252 e. The summed E-state index contributed by atoms with van der Waals surface area (Å²) in [6.07, 6.45) is 1.57. The summed E-state index contributed by atoms with van der Waals surface area (Å²) in [6, 6.07) is 20.6. The number of carbonyl (C=O) groups excluding carboxylic acids is 2. The quantitative estimate of drug-likeness (QED) is 0.586. The maximum atomic E-state index is 12.5. The molecular weight excluding hydrogens is 360 g/mol. The van der Waals surface area contributed by atoms with E-state index < -0.39 is 0 Å². The molecule has 0 unspecified atom stereocenters. The second-order valence-corrected chi connectivity index (χ2v) is 6.83. The Kier molecular flexibility index (Phi) is 6.71. The van der Waals surface area contributed by atoms with Crippen LogP contribution >= 0.6 is 11.8 Å². The Bertz CT molecular complexity index is 879. The van der Waals surface area contributed by atoms with Crippen LogP contribution in [-0.4, -0.2) is 17.6 Å². The Morgan fingerprint density at radius 3 is 2.41 bits per heavy atom. The van der Waals surface area contributed by atoms with Gasteiger partial charge in [-0.3, -0.25) is 9.59 Å². The van der Waals surface area contributed by atoms with Crippen LogP contribution < -0.4 is 10.6 Å². The van der Waals surface area contributed by atoms with E-state index in [1.807, 2.05) is 48.5 Å². The lowest BCUT2D eigenvalue weighted by atomic mass is 10.2. The third-order valence-corrected chi connectivity index (χ3v) is 4.90. The molecule has 138 valence electrons. The Morgan fingerprint density at radius 1 is 0.852 bits per heavy atom. The summed E-state index contributed by atoms with van der Waals surface area (Å²) < 4.78 is 5.19. The molecule has 0 radical (unpaired) electrons. The van der Waals surface area contributed by atoms with Crippen molar-refractivity contribution in [2.75, 3.05) is 5.75 Å². The molecule has 3 aromatic rings. The van der Waals surface area contributed by atoms with Gasteiger partial charge < -0.3 is 15.1 Å². The summed E-state index contributed by atoms with van der Waals surface area (Å²) in [4.78, 5) is 25.3. The van der Waals surface area contributed by atoms with Gasteiger partial charge in [-0.2, -0.15) is 0 Å². The zero-order valence-corrected chi connectivity index (χ0v) is 15.5. The molecule has 27 heavy (non-hydrogen) atoms. The average Bonchev–Trinajstić information content (AvgIpc) is 3.23. The highest BCUT2D eigenvalue weighted by Crippen LogP contribution is 2.22. The predicted octanol–water partition coefficient (Wildman–Crippen LogP) is 3.62. The molecule has 0 saturated carbocycles. The van der Waals surface area contributed by atoms with Crippen molar-refractivity contribution in [1.82, 2.24) is 10.6 Å². The molecule has 6 heteroatoms. The van der Waals surface area contributed by atoms with Gasteiger partial charge in [0.05, 0.1) is 24.1 Å². The summed E-state index contributed by atoms with van der Waals surface area (Å²) in [5.74, 6) is 0.659. The van der Waals surface area contributed by atoms with E-state index in [-0.39, 0.29) is 17.6 Å². The van der Waals surface area contributed by atoms with Crippen LogP contribution in [0, 0.1) is 0 Å². The second kappa shape index (κ2) is 9.64. The van der Waals surface area contributed by atoms with Gasteiger partial charge >= 0.3 is 0 Å². The van der Waals surface area contributed by atoms with Gasteiger partial charge in [-0.05, 0) is 29.8 Å². The van der Waals surface area contributed by atoms with Crippen LogP contribution in [0.4, 0.5) is 0 Å². The Hall–Kier alpha value is -2.99. The van der Waals surface area contributed by atoms with E-state index in [9.17, 15) is 9.59 Å². The van der Waals surface area contributed by atoms with Gasteiger partial charge in [0, 0.05) is 11.4 Å². The monoisotopic (exact) mass is 380 g/mol. The predicted molar refractivity (Wildman–Crippen MR) is 105 cm³/mol. The average molecular weight is 380 g/mol. The largest absolute Gasteiger partial charge is 0.467 e. The third-order valence-electron chi connectivity index (χ3n) is 3.83. The Balaban J connectivity index is 1.53. The highest BCUT2D eigenvalue weighted by atomic mass is 32.2. The zero-order chi connectivity index (χ0) is 18.9. The number of hydrogen-bond donors (Lipinski definition) is 2. The van der Waals surface area contributed by atoms with Gasteiger partial charge in [0.2, 0.25) is 5.91 Å². The zero-order valence-electron chi connectivity index (χ0n) is 14.7. The van der Waals surface area contributed by atoms with E-state index in [1.54, 1.807) is 24.5 Å². The van der Waals surface area contributed by atoms with Gasteiger partial charge in [0.15, 0.2) is 0 Å². The second-order valence-electron chi connectivity index (χ2n) is 5.81. The molecule has 2 N–H and O–H groups in total. The number of carbonyl (C=O) groups is 2. The molecule has 2 aromatic carbocycles. The molecule has 1 aromatic heterocycles. The number of rotatable bonds is 8. The first-order chi connectivity index (χ1) is 13.2. The van der Waals surface area contributed by atoms with E-state index in [4.69, 9.17) is 4.42 Å². The van der Waals surface area contributed by atoms with Gasteiger partial charge in [-0.25, -0.2) is 0 Å². The molecule has 5 nitrogen and oxygen atoms in total.